The number of hydrogen-bond donors (Lipinski definition) is 3. The van der Waals surface area contributed by atoms with Crippen LogP contribution in [0.5, 0.6) is 5.75 Å². The molecule has 3 rings (SSSR count). The largest absolute Gasteiger partial charge is 0.490 e. The molecule has 1 heterocycles. The molecule has 2 aromatic carbocycles. The average Bonchev–Trinajstić information content (AvgIpc) is 2.99. The van der Waals surface area contributed by atoms with Crippen LogP contribution in [-0.2, 0) is 0 Å². The molecule has 0 radical (unpaired) electrons. The molecule has 0 unspecified atom stereocenters. The Balaban J connectivity index is 1.69. The smallest absolute Gasteiger partial charge is 0.271 e. The lowest BCUT2D eigenvalue weighted by atomic mass is 10.2. The lowest BCUT2D eigenvalue weighted by Crippen LogP contribution is -2.17. The SMILES string of the molecule is CC(C)COc1c(Cl)cc(/C=N\NC(=O)c2ccc3[nH]c(=S)[nH]c3c2)cc1Cl. The highest BCUT2D eigenvalue weighted by molar-refractivity contribution is 7.71. The highest BCUT2D eigenvalue weighted by Gasteiger charge is 2.10. The zero-order valence-electron chi connectivity index (χ0n) is 15.2. The molecule has 0 atom stereocenters. The number of nitrogens with zero attached hydrogens (tertiary/aromatic N) is 1. The number of carbonyl (C=O) groups is 1. The van der Waals surface area contributed by atoms with E-state index in [-0.39, 0.29) is 5.91 Å². The van der Waals surface area contributed by atoms with Crippen LogP contribution in [0.15, 0.2) is 35.4 Å². The molecule has 0 aliphatic carbocycles. The van der Waals surface area contributed by atoms with Gasteiger partial charge < -0.3 is 14.7 Å². The number of halogens is 2. The third kappa shape index (κ3) is 4.92. The van der Waals surface area contributed by atoms with Crippen molar-refractivity contribution in [1.29, 1.82) is 0 Å². The fourth-order valence-corrected chi connectivity index (χ4v) is 3.28. The number of amides is 1. The molecule has 3 N–H and O–H groups in total. The Labute approximate surface area is 176 Å². The van der Waals surface area contributed by atoms with E-state index in [0.717, 1.165) is 11.0 Å². The molecule has 9 heteroatoms. The second kappa shape index (κ2) is 8.77. The number of fused-ring (bicyclic) bond motifs is 1. The Morgan fingerprint density at radius 3 is 2.57 bits per heavy atom. The minimum atomic E-state index is -0.354. The summed E-state index contributed by atoms with van der Waals surface area (Å²) in [6.07, 6.45) is 1.46. The highest BCUT2D eigenvalue weighted by Crippen LogP contribution is 2.34. The van der Waals surface area contributed by atoms with E-state index in [2.05, 4.69) is 20.5 Å². The Bertz CT molecular complexity index is 1080. The maximum absolute atomic E-state index is 12.3. The van der Waals surface area contributed by atoms with E-state index < -0.39 is 0 Å². The summed E-state index contributed by atoms with van der Waals surface area (Å²) in [7, 11) is 0. The van der Waals surface area contributed by atoms with Gasteiger partial charge in [-0.05, 0) is 54.0 Å². The average molecular weight is 437 g/mol. The van der Waals surface area contributed by atoms with Gasteiger partial charge >= 0.3 is 0 Å². The van der Waals surface area contributed by atoms with Crippen molar-refractivity contribution in [1.82, 2.24) is 15.4 Å². The molecule has 146 valence electrons. The molecule has 0 saturated carbocycles. The molecule has 0 aliphatic rings. The number of benzene rings is 2. The molecule has 28 heavy (non-hydrogen) atoms. The molecule has 0 spiro atoms. The van der Waals surface area contributed by atoms with Crippen LogP contribution in [0.25, 0.3) is 11.0 Å². The third-order valence-corrected chi connectivity index (χ3v) is 4.51. The van der Waals surface area contributed by atoms with Gasteiger partial charge in [0.1, 0.15) is 0 Å². The second-order valence-electron chi connectivity index (χ2n) is 6.56. The van der Waals surface area contributed by atoms with E-state index in [1.165, 1.54) is 6.21 Å². The van der Waals surface area contributed by atoms with Gasteiger partial charge in [0.05, 0.1) is 33.9 Å². The first kappa shape index (κ1) is 20.4. The van der Waals surface area contributed by atoms with Gasteiger partial charge in [-0.25, -0.2) is 5.43 Å². The zero-order chi connectivity index (χ0) is 20.3. The highest BCUT2D eigenvalue weighted by atomic mass is 35.5. The van der Waals surface area contributed by atoms with Crippen LogP contribution in [0.2, 0.25) is 10.0 Å². The predicted octanol–water partition coefficient (Wildman–Crippen LogP) is 5.33. The minimum absolute atomic E-state index is 0.351. The van der Waals surface area contributed by atoms with Gasteiger partial charge in [0, 0.05) is 5.56 Å². The van der Waals surface area contributed by atoms with E-state index in [4.69, 9.17) is 40.2 Å². The number of imidazole rings is 1. The topological polar surface area (TPSA) is 82.3 Å². The number of aromatic nitrogens is 2. The molecule has 0 aliphatic heterocycles. The number of nitrogens with one attached hydrogen (secondary N) is 3. The summed E-state index contributed by atoms with van der Waals surface area (Å²) >= 11 is 17.5. The van der Waals surface area contributed by atoms with E-state index in [1.54, 1.807) is 30.3 Å². The maximum Gasteiger partial charge on any atom is 0.271 e. The molecule has 0 fully saturated rings. The van der Waals surface area contributed by atoms with Crippen LogP contribution in [0.3, 0.4) is 0 Å². The normalized spacial score (nSPS) is 11.5. The van der Waals surface area contributed by atoms with Gasteiger partial charge in [-0.2, -0.15) is 5.10 Å². The van der Waals surface area contributed by atoms with Crippen LogP contribution in [0, 0.1) is 10.7 Å². The first-order valence-corrected chi connectivity index (χ1v) is 9.67. The Kier molecular flexibility index (Phi) is 6.39. The van der Waals surface area contributed by atoms with E-state index >= 15 is 0 Å². The molecular weight excluding hydrogens is 419 g/mol. The van der Waals surface area contributed by atoms with Gasteiger partial charge in [0.25, 0.3) is 5.91 Å². The van der Waals surface area contributed by atoms with Gasteiger partial charge in [-0.1, -0.05) is 37.0 Å². The number of H-pyrrole nitrogens is 2. The Hall–Kier alpha value is -2.35. The quantitative estimate of drug-likeness (QED) is 0.277. The van der Waals surface area contributed by atoms with Crippen molar-refractivity contribution in [2.75, 3.05) is 6.61 Å². The number of carbonyl (C=O) groups excluding carboxylic acids is 1. The van der Waals surface area contributed by atoms with Crippen LogP contribution < -0.4 is 10.2 Å². The summed E-state index contributed by atoms with van der Waals surface area (Å²) in [4.78, 5) is 18.2. The summed E-state index contributed by atoms with van der Waals surface area (Å²) in [6.45, 7) is 4.58. The fraction of sp³-hybridized carbons (Fsp3) is 0.211. The van der Waals surface area contributed by atoms with Gasteiger partial charge in [0.2, 0.25) is 0 Å². The molecule has 6 nitrogen and oxygen atoms in total. The van der Waals surface area contributed by atoms with Crippen LogP contribution in [0.1, 0.15) is 29.8 Å². The van der Waals surface area contributed by atoms with Crippen molar-refractivity contribution in [2.24, 2.45) is 11.0 Å². The Morgan fingerprint density at radius 1 is 1.21 bits per heavy atom. The second-order valence-corrected chi connectivity index (χ2v) is 7.78. The van der Waals surface area contributed by atoms with Crippen molar-refractivity contribution in [3.63, 3.8) is 0 Å². The minimum Gasteiger partial charge on any atom is -0.490 e. The summed E-state index contributed by atoms with van der Waals surface area (Å²) in [5, 5.41) is 4.73. The number of ether oxygens (including phenoxy) is 1. The third-order valence-electron chi connectivity index (χ3n) is 3.74. The summed E-state index contributed by atoms with van der Waals surface area (Å²) in [5.41, 5.74) is 5.13. The lowest BCUT2D eigenvalue weighted by molar-refractivity contribution is 0.0955. The van der Waals surface area contributed by atoms with Crippen molar-refractivity contribution in [3.8, 4) is 5.75 Å². The van der Waals surface area contributed by atoms with Crippen molar-refractivity contribution < 1.29 is 9.53 Å². The lowest BCUT2D eigenvalue weighted by Gasteiger charge is -2.12. The summed E-state index contributed by atoms with van der Waals surface area (Å²) in [6, 6.07) is 8.49. The Morgan fingerprint density at radius 2 is 1.89 bits per heavy atom. The molecule has 1 amide bonds. The summed E-state index contributed by atoms with van der Waals surface area (Å²) in [5.74, 6) is 0.437. The van der Waals surface area contributed by atoms with Gasteiger partial charge in [-0.15, -0.1) is 0 Å². The first-order chi connectivity index (χ1) is 13.3. The zero-order valence-corrected chi connectivity index (χ0v) is 17.5. The number of aromatic amines is 2. The molecule has 1 aromatic heterocycles. The van der Waals surface area contributed by atoms with Crippen molar-refractivity contribution in [2.45, 2.75) is 13.8 Å². The fourth-order valence-electron chi connectivity index (χ4n) is 2.45. The molecular formula is C19H18Cl2N4O2S. The molecule has 0 bridgehead atoms. The predicted molar refractivity (Wildman–Crippen MR) is 115 cm³/mol. The van der Waals surface area contributed by atoms with Crippen molar-refractivity contribution >= 4 is 58.6 Å². The van der Waals surface area contributed by atoms with E-state index in [0.29, 0.717) is 44.2 Å². The maximum atomic E-state index is 12.3. The van der Waals surface area contributed by atoms with Crippen molar-refractivity contribution in [3.05, 3.63) is 56.3 Å². The number of hydrazone groups is 1. The van der Waals surface area contributed by atoms with Crippen LogP contribution in [0.4, 0.5) is 0 Å². The standard InChI is InChI=1S/C19H18Cl2N4O2S/c1-10(2)9-27-17-13(20)5-11(6-14(17)21)8-22-25-18(26)12-3-4-15-16(7-12)24-19(28)23-15/h3-8,10H,9H2,1-2H3,(H,25,26)(H2,23,24,28)/b22-8-. The first-order valence-electron chi connectivity index (χ1n) is 8.51. The monoisotopic (exact) mass is 436 g/mol. The van der Waals surface area contributed by atoms with Crippen LogP contribution in [-0.4, -0.2) is 28.7 Å². The van der Waals surface area contributed by atoms with Gasteiger partial charge in [-0.3, -0.25) is 4.79 Å². The number of hydrogen-bond acceptors (Lipinski definition) is 4. The van der Waals surface area contributed by atoms with E-state index in [1.807, 2.05) is 13.8 Å². The summed E-state index contributed by atoms with van der Waals surface area (Å²) < 4.78 is 6.13. The molecule has 3 aromatic rings. The number of rotatable bonds is 6. The van der Waals surface area contributed by atoms with Crippen LogP contribution >= 0.6 is 35.4 Å². The molecule has 0 saturated heterocycles. The van der Waals surface area contributed by atoms with E-state index in [9.17, 15) is 4.79 Å². The van der Waals surface area contributed by atoms with Gasteiger partial charge in [0.15, 0.2) is 10.5 Å².